The van der Waals surface area contributed by atoms with Crippen molar-refractivity contribution in [2.45, 2.75) is 31.7 Å². The van der Waals surface area contributed by atoms with E-state index in [1.807, 2.05) is 12.3 Å². The van der Waals surface area contributed by atoms with Crippen molar-refractivity contribution >= 4 is 23.1 Å². The lowest BCUT2D eigenvalue weighted by molar-refractivity contribution is 0.184. The Morgan fingerprint density at radius 3 is 2.89 bits per heavy atom. The predicted molar refractivity (Wildman–Crippen MR) is 73.1 cm³/mol. The zero-order valence-corrected chi connectivity index (χ0v) is 11.4. The molecular formula is C12H15N5OS. The van der Waals surface area contributed by atoms with Crippen molar-refractivity contribution in [1.82, 2.24) is 20.5 Å². The quantitative estimate of drug-likeness (QED) is 0.805. The Bertz CT molecular complexity index is 573. The van der Waals surface area contributed by atoms with Gasteiger partial charge in [0.2, 0.25) is 0 Å². The average Bonchev–Trinajstić information content (AvgIpc) is 2.95. The maximum absolute atomic E-state index is 12.0. The second-order valence-electron chi connectivity index (χ2n) is 4.80. The molecule has 0 aromatic carbocycles. The van der Waals surface area contributed by atoms with Crippen LogP contribution in [-0.2, 0) is 5.54 Å². The summed E-state index contributed by atoms with van der Waals surface area (Å²) in [5, 5.41) is 15.3. The van der Waals surface area contributed by atoms with E-state index in [-0.39, 0.29) is 11.6 Å². The second-order valence-corrected chi connectivity index (χ2v) is 5.65. The summed E-state index contributed by atoms with van der Waals surface area (Å²) in [6.45, 7) is 1.97. The zero-order chi connectivity index (χ0) is 13.3. The number of rotatable bonds is 3. The number of hydrogen-bond donors (Lipinski definition) is 3. The summed E-state index contributed by atoms with van der Waals surface area (Å²) in [5.74, 6) is 0. The van der Waals surface area contributed by atoms with Crippen LogP contribution in [0, 0.1) is 6.92 Å². The molecule has 0 atom stereocenters. The van der Waals surface area contributed by atoms with Gasteiger partial charge in [0.15, 0.2) is 0 Å². The molecular weight excluding hydrogens is 262 g/mol. The molecule has 0 radical (unpaired) electrons. The molecule has 3 rings (SSSR count). The fourth-order valence-electron chi connectivity index (χ4n) is 2.20. The number of aryl methyl sites for hydroxylation is 1. The van der Waals surface area contributed by atoms with Gasteiger partial charge in [0.05, 0.1) is 17.4 Å². The van der Waals surface area contributed by atoms with Crippen LogP contribution in [0.25, 0.3) is 0 Å². The third-order valence-electron chi connectivity index (χ3n) is 3.34. The molecule has 1 aliphatic carbocycles. The Kier molecular flexibility index (Phi) is 2.98. The second kappa shape index (κ2) is 4.65. The van der Waals surface area contributed by atoms with E-state index in [9.17, 15) is 4.79 Å². The van der Waals surface area contributed by atoms with Gasteiger partial charge in [-0.2, -0.15) is 5.10 Å². The minimum atomic E-state index is -0.285. The molecule has 7 heteroatoms. The summed E-state index contributed by atoms with van der Waals surface area (Å²) in [4.78, 5) is 16.5. The van der Waals surface area contributed by atoms with Crippen LogP contribution >= 0.6 is 11.3 Å². The molecule has 2 aromatic heterocycles. The highest BCUT2D eigenvalue weighted by atomic mass is 32.1. The Morgan fingerprint density at radius 1 is 1.53 bits per heavy atom. The molecule has 0 unspecified atom stereocenters. The molecule has 2 aromatic rings. The molecule has 0 aliphatic heterocycles. The first-order valence-corrected chi connectivity index (χ1v) is 7.06. The van der Waals surface area contributed by atoms with Crippen LogP contribution in [0.4, 0.5) is 10.5 Å². The van der Waals surface area contributed by atoms with Gasteiger partial charge >= 0.3 is 6.03 Å². The van der Waals surface area contributed by atoms with Crippen molar-refractivity contribution in [1.29, 1.82) is 0 Å². The van der Waals surface area contributed by atoms with Gasteiger partial charge in [-0.25, -0.2) is 9.78 Å². The predicted octanol–water partition coefficient (Wildman–Crippen LogP) is 2.38. The SMILES string of the molecule is Cc1csc(C2(NC(=O)Nc3cn[nH]c3)CCC2)n1. The van der Waals surface area contributed by atoms with E-state index in [2.05, 4.69) is 25.8 Å². The fraction of sp³-hybridized carbons (Fsp3) is 0.417. The summed E-state index contributed by atoms with van der Waals surface area (Å²) >= 11 is 1.61. The number of nitrogens with zero attached hydrogens (tertiary/aromatic N) is 2. The minimum absolute atomic E-state index is 0.214. The van der Waals surface area contributed by atoms with E-state index >= 15 is 0 Å². The van der Waals surface area contributed by atoms with Crippen LogP contribution in [0.5, 0.6) is 0 Å². The molecule has 3 N–H and O–H groups in total. The van der Waals surface area contributed by atoms with Crippen molar-refractivity contribution in [2.24, 2.45) is 0 Å². The van der Waals surface area contributed by atoms with Crippen LogP contribution < -0.4 is 10.6 Å². The molecule has 2 amide bonds. The van der Waals surface area contributed by atoms with Crippen LogP contribution in [0.2, 0.25) is 0 Å². The van der Waals surface area contributed by atoms with Crippen molar-refractivity contribution in [3.63, 3.8) is 0 Å². The van der Waals surface area contributed by atoms with Crippen molar-refractivity contribution in [3.8, 4) is 0 Å². The zero-order valence-electron chi connectivity index (χ0n) is 10.6. The summed E-state index contributed by atoms with van der Waals surface area (Å²) in [6.07, 6.45) is 6.21. The average molecular weight is 277 g/mol. The number of hydrogen-bond acceptors (Lipinski definition) is 4. The van der Waals surface area contributed by atoms with E-state index in [1.165, 1.54) is 0 Å². The van der Waals surface area contributed by atoms with Gasteiger partial charge in [0.1, 0.15) is 5.01 Å². The molecule has 19 heavy (non-hydrogen) atoms. The number of carbonyl (C=O) groups excluding carboxylic acids is 1. The van der Waals surface area contributed by atoms with Gasteiger partial charge in [-0.15, -0.1) is 11.3 Å². The van der Waals surface area contributed by atoms with Crippen LogP contribution in [-0.4, -0.2) is 21.2 Å². The minimum Gasteiger partial charge on any atom is -0.326 e. The molecule has 0 spiro atoms. The lowest BCUT2D eigenvalue weighted by Gasteiger charge is -2.40. The molecule has 6 nitrogen and oxygen atoms in total. The van der Waals surface area contributed by atoms with E-state index in [4.69, 9.17) is 0 Å². The molecule has 1 aliphatic rings. The number of nitrogens with one attached hydrogen (secondary N) is 3. The summed E-state index contributed by atoms with van der Waals surface area (Å²) < 4.78 is 0. The Hall–Kier alpha value is -1.89. The monoisotopic (exact) mass is 277 g/mol. The summed E-state index contributed by atoms with van der Waals surface area (Å²) in [7, 11) is 0. The number of urea groups is 1. The van der Waals surface area contributed by atoms with Crippen molar-refractivity contribution in [3.05, 3.63) is 28.5 Å². The number of H-pyrrole nitrogens is 1. The molecule has 100 valence electrons. The number of aromatic amines is 1. The summed E-state index contributed by atoms with van der Waals surface area (Å²) in [5.41, 5.74) is 1.37. The summed E-state index contributed by atoms with van der Waals surface area (Å²) in [6, 6.07) is -0.214. The lowest BCUT2D eigenvalue weighted by Crippen LogP contribution is -2.52. The number of anilines is 1. The van der Waals surface area contributed by atoms with Gasteiger partial charge in [0.25, 0.3) is 0 Å². The fourth-order valence-corrected chi connectivity index (χ4v) is 3.21. The van der Waals surface area contributed by atoms with Gasteiger partial charge in [-0.3, -0.25) is 5.10 Å². The number of carbonyl (C=O) groups is 1. The van der Waals surface area contributed by atoms with E-state index in [1.54, 1.807) is 23.7 Å². The Labute approximate surface area is 114 Å². The number of amides is 2. The maximum atomic E-state index is 12.0. The number of thiazole rings is 1. The topological polar surface area (TPSA) is 82.7 Å². The normalized spacial score (nSPS) is 16.7. The van der Waals surface area contributed by atoms with E-state index < -0.39 is 0 Å². The van der Waals surface area contributed by atoms with Gasteiger partial charge in [-0.1, -0.05) is 0 Å². The van der Waals surface area contributed by atoms with E-state index in [0.29, 0.717) is 5.69 Å². The van der Waals surface area contributed by atoms with Crippen molar-refractivity contribution in [2.75, 3.05) is 5.32 Å². The molecule has 1 saturated carbocycles. The maximum Gasteiger partial charge on any atom is 0.320 e. The smallest absolute Gasteiger partial charge is 0.320 e. The highest BCUT2D eigenvalue weighted by Crippen LogP contribution is 2.42. The Morgan fingerprint density at radius 2 is 2.37 bits per heavy atom. The first-order valence-electron chi connectivity index (χ1n) is 6.18. The van der Waals surface area contributed by atoms with Crippen molar-refractivity contribution < 1.29 is 4.79 Å². The third-order valence-corrected chi connectivity index (χ3v) is 4.51. The van der Waals surface area contributed by atoms with Crippen LogP contribution in [0.15, 0.2) is 17.8 Å². The highest BCUT2D eigenvalue weighted by Gasteiger charge is 2.42. The first kappa shape index (κ1) is 12.2. The lowest BCUT2D eigenvalue weighted by atomic mass is 9.77. The molecule has 0 bridgehead atoms. The van der Waals surface area contributed by atoms with Gasteiger partial charge in [0, 0.05) is 17.3 Å². The van der Waals surface area contributed by atoms with Crippen LogP contribution in [0.1, 0.15) is 30.0 Å². The Balaban J connectivity index is 1.71. The first-order chi connectivity index (χ1) is 9.18. The van der Waals surface area contributed by atoms with Gasteiger partial charge in [-0.05, 0) is 26.2 Å². The molecule has 1 fully saturated rings. The van der Waals surface area contributed by atoms with E-state index in [0.717, 1.165) is 30.0 Å². The largest absolute Gasteiger partial charge is 0.326 e. The van der Waals surface area contributed by atoms with Crippen LogP contribution in [0.3, 0.4) is 0 Å². The standard InChI is InChI=1S/C12H15N5OS/c1-8-7-19-10(15-8)12(3-2-4-12)17-11(18)16-9-5-13-14-6-9/h5-7H,2-4H2,1H3,(H,13,14)(H2,16,17,18). The highest BCUT2D eigenvalue weighted by molar-refractivity contribution is 7.09. The van der Waals surface area contributed by atoms with Gasteiger partial charge < -0.3 is 10.6 Å². The number of aromatic nitrogens is 3. The molecule has 2 heterocycles. The third kappa shape index (κ3) is 2.33. The molecule has 0 saturated heterocycles.